The number of carboxylic acid groups (broad SMARTS) is 1. The van der Waals surface area contributed by atoms with Gasteiger partial charge >= 0.3 is 5.97 Å². The summed E-state index contributed by atoms with van der Waals surface area (Å²) in [6, 6.07) is 8.75. The lowest BCUT2D eigenvalue weighted by molar-refractivity contribution is -0.137. The summed E-state index contributed by atoms with van der Waals surface area (Å²) in [5.41, 5.74) is 2.72. The molecule has 1 unspecified atom stereocenters. The van der Waals surface area contributed by atoms with Gasteiger partial charge in [0, 0.05) is 25.7 Å². The largest absolute Gasteiger partial charge is 0.481 e. The molecule has 0 amide bonds. The van der Waals surface area contributed by atoms with Crippen molar-refractivity contribution in [2.24, 2.45) is 0 Å². The third-order valence-corrected chi connectivity index (χ3v) is 3.99. The molecule has 1 aliphatic carbocycles. The third-order valence-electron chi connectivity index (χ3n) is 3.99. The topological polar surface area (TPSA) is 60.8 Å². The molecule has 0 bridgehead atoms. The van der Waals surface area contributed by atoms with Crippen LogP contribution in [0, 0.1) is 0 Å². The Balaban J connectivity index is 2.13. The molecule has 1 aromatic rings. The minimum Gasteiger partial charge on any atom is -0.481 e. The first-order valence-electron chi connectivity index (χ1n) is 7.37. The molecule has 1 aliphatic rings. The van der Waals surface area contributed by atoms with Crippen LogP contribution in [-0.2, 0) is 11.2 Å². The molecule has 0 saturated carbocycles. The van der Waals surface area contributed by atoms with Crippen molar-refractivity contribution in [1.29, 1.82) is 0 Å². The van der Waals surface area contributed by atoms with E-state index in [-0.39, 0.29) is 13.0 Å². The molecule has 0 radical (unpaired) electrons. The van der Waals surface area contributed by atoms with Gasteiger partial charge in [0.15, 0.2) is 0 Å². The van der Waals surface area contributed by atoms with Gasteiger partial charge in [-0.15, -0.1) is 0 Å². The Morgan fingerprint density at radius 1 is 1.30 bits per heavy atom. The number of nitrogens with zero attached hydrogens (tertiary/aromatic N) is 1. The zero-order chi connectivity index (χ0) is 14.4. The first kappa shape index (κ1) is 15.0. The van der Waals surface area contributed by atoms with E-state index in [0.29, 0.717) is 19.0 Å². The highest BCUT2D eigenvalue weighted by molar-refractivity contribution is 5.66. The maximum Gasteiger partial charge on any atom is 0.304 e. The van der Waals surface area contributed by atoms with Crippen LogP contribution in [0.4, 0.5) is 0 Å². The average molecular weight is 277 g/mol. The van der Waals surface area contributed by atoms with Gasteiger partial charge in [0.2, 0.25) is 0 Å². The van der Waals surface area contributed by atoms with Gasteiger partial charge in [0.25, 0.3) is 0 Å². The zero-order valence-electron chi connectivity index (χ0n) is 11.8. The number of aliphatic hydroxyl groups excluding tert-OH is 1. The summed E-state index contributed by atoms with van der Waals surface area (Å²) in [7, 11) is 0. The monoisotopic (exact) mass is 277 g/mol. The highest BCUT2D eigenvalue weighted by atomic mass is 16.4. The van der Waals surface area contributed by atoms with E-state index < -0.39 is 5.97 Å². The Morgan fingerprint density at radius 2 is 2.10 bits per heavy atom. The first-order valence-corrected chi connectivity index (χ1v) is 7.37. The number of fused-ring (bicyclic) bond motifs is 1. The Morgan fingerprint density at radius 3 is 2.85 bits per heavy atom. The summed E-state index contributed by atoms with van der Waals surface area (Å²) < 4.78 is 0. The fourth-order valence-corrected chi connectivity index (χ4v) is 3.04. The SMILES string of the molecule is O=C(O)CCN(CCCO)C1CCCc2ccccc21. The van der Waals surface area contributed by atoms with E-state index in [0.717, 1.165) is 25.8 Å². The molecule has 4 nitrogen and oxygen atoms in total. The molecule has 2 rings (SSSR count). The molecule has 2 N–H and O–H groups in total. The summed E-state index contributed by atoms with van der Waals surface area (Å²) in [5.74, 6) is -0.761. The molecule has 0 spiro atoms. The maximum atomic E-state index is 10.8. The van der Waals surface area contributed by atoms with Gasteiger partial charge in [-0.1, -0.05) is 24.3 Å². The molecule has 0 aromatic heterocycles. The van der Waals surface area contributed by atoms with Gasteiger partial charge in [0.1, 0.15) is 0 Å². The number of rotatable bonds is 7. The number of hydrogen-bond acceptors (Lipinski definition) is 3. The molecular weight excluding hydrogens is 254 g/mol. The lowest BCUT2D eigenvalue weighted by Gasteiger charge is -2.35. The van der Waals surface area contributed by atoms with Crippen LogP contribution >= 0.6 is 0 Å². The van der Waals surface area contributed by atoms with Crippen LogP contribution in [0.3, 0.4) is 0 Å². The predicted molar refractivity (Wildman–Crippen MR) is 77.6 cm³/mol. The minimum atomic E-state index is -0.761. The van der Waals surface area contributed by atoms with Crippen LogP contribution < -0.4 is 0 Å². The molecule has 0 heterocycles. The molecule has 110 valence electrons. The van der Waals surface area contributed by atoms with Crippen molar-refractivity contribution in [3.8, 4) is 0 Å². The van der Waals surface area contributed by atoms with Crippen molar-refractivity contribution >= 4 is 5.97 Å². The molecule has 4 heteroatoms. The van der Waals surface area contributed by atoms with Crippen molar-refractivity contribution in [3.05, 3.63) is 35.4 Å². The average Bonchev–Trinajstić information content (AvgIpc) is 2.47. The smallest absolute Gasteiger partial charge is 0.304 e. The fraction of sp³-hybridized carbons (Fsp3) is 0.562. The number of aliphatic hydroxyl groups is 1. The van der Waals surface area contributed by atoms with Crippen molar-refractivity contribution in [1.82, 2.24) is 4.90 Å². The van der Waals surface area contributed by atoms with E-state index in [1.807, 2.05) is 0 Å². The van der Waals surface area contributed by atoms with Crippen molar-refractivity contribution < 1.29 is 15.0 Å². The van der Waals surface area contributed by atoms with E-state index >= 15 is 0 Å². The van der Waals surface area contributed by atoms with Gasteiger partial charge in [-0.3, -0.25) is 9.69 Å². The highest BCUT2D eigenvalue weighted by Gasteiger charge is 2.25. The first-order chi connectivity index (χ1) is 9.72. The van der Waals surface area contributed by atoms with Gasteiger partial charge < -0.3 is 10.2 Å². The third kappa shape index (κ3) is 3.81. The van der Waals surface area contributed by atoms with Gasteiger partial charge in [0.05, 0.1) is 6.42 Å². The van der Waals surface area contributed by atoms with Crippen molar-refractivity contribution in [3.63, 3.8) is 0 Å². The zero-order valence-corrected chi connectivity index (χ0v) is 11.8. The lowest BCUT2D eigenvalue weighted by atomic mass is 9.86. The summed E-state index contributed by atoms with van der Waals surface area (Å²) in [4.78, 5) is 13.1. The second-order valence-electron chi connectivity index (χ2n) is 5.36. The van der Waals surface area contributed by atoms with Gasteiger partial charge in [-0.2, -0.15) is 0 Å². The maximum absolute atomic E-state index is 10.8. The number of aryl methyl sites for hydroxylation is 1. The Hall–Kier alpha value is -1.39. The van der Waals surface area contributed by atoms with Crippen LogP contribution in [0.2, 0.25) is 0 Å². The number of carboxylic acids is 1. The van der Waals surface area contributed by atoms with E-state index in [1.165, 1.54) is 11.1 Å². The number of aliphatic carboxylic acids is 1. The highest BCUT2D eigenvalue weighted by Crippen LogP contribution is 2.34. The number of carbonyl (C=O) groups is 1. The summed E-state index contributed by atoms with van der Waals surface area (Å²) in [6.07, 6.45) is 4.17. The Bertz CT molecular complexity index is 447. The summed E-state index contributed by atoms with van der Waals surface area (Å²) in [5, 5.41) is 17.9. The number of hydrogen-bond donors (Lipinski definition) is 2. The quantitative estimate of drug-likeness (QED) is 0.802. The minimum absolute atomic E-state index is 0.151. The van der Waals surface area contributed by atoms with Crippen LogP contribution in [0.5, 0.6) is 0 Å². The molecule has 1 atom stereocenters. The molecule has 0 aliphatic heterocycles. The Kier molecular flexibility index (Phi) is 5.56. The number of benzene rings is 1. The normalized spacial score (nSPS) is 18.0. The van der Waals surface area contributed by atoms with Crippen LogP contribution in [0.15, 0.2) is 24.3 Å². The van der Waals surface area contributed by atoms with E-state index in [2.05, 4.69) is 29.2 Å². The van der Waals surface area contributed by atoms with Crippen molar-refractivity contribution in [2.75, 3.05) is 19.7 Å². The molecular formula is C16H23NO3. The predicted octanol–water partition coefficient (Wildman–Crippen LogP) is 2.22. The van der Waals surface area contributed by atoms with E-state index in [9.17, 15) is 4.79 Å². The van der Waals surface area contributed by atoms with Crippen LogP contribution in [0.25, 0.3) is 0 Å². The Labute approximate surface area is 120 Å². The van der Waals surface area contributed by atoms with Gasteiger partial charge in [-0.25, -0.2) is 0 Å². The second kappa shape index (κ2) is 7.41. The molecule has 0 saturated heterocycles. The molecule has 1 aromatic carbocycles. The van der Waals surface area contributed by atoms with E-state index in [4.69, 9.17) is 10.2 Å². The van der Waals surface area contributed by atoms with Gasteiger partial charge in [-0.05, 0) is 36.8 Å². The van der Waals surface area contributed by atoms with Crippen molar-refractivity contribution in [2.45, 2.75) is 38.1 Å². The van der Waals surface area contributed by atoms with Crippen LogP contribution in [-0.4, -0.2) is 40.8 Å². The second-order valence-corrected chi connectivity index (χ2v) is 5.36. The standard InChI is InChI=1S/C16H23NO3/c18-12-4-10-17(11-9-16(19)20)15-8-3-6-13-5-1-2-7-14(13)15/h1-2,5,7,15,18H,3-4,6,8-12H2,(H,19,20). The summed E-state index contributed by atoms with van der Waals surface area (Å²) in [6.45, 7) is 1.45. The molecule has 0 fully saturated rings. The lowest BCUT2D eigenvalue weighted by Crippen LogP contribution is -2.34. The molecule has 20 heavy (non-hydrogen) atoms. The van der Waals surface area contributed by atoms with E-state index in [1.54, 1.807) is 0 Å². The summed E-state index contributed by atoms with van der Waals surface area (Å²) >= 11 is 0. The fourth-order valence-electron chi connectivity index (χ4n) is 3.04. The van der Waals surface area contributed by atoms with Crippen LogP contribution in [0.1, 0.15) is 42.9 Å².